The van der Waals surface area contributed by atoms with Crippen molar-refractivity contribution in [2.75, 3.05) is 5.32 Å². The Hall–Kier alpha value is -2.89. The SMILES string of the molecule is CC(=O)Nc1cc(N=Nc2snc3ccc(S(N)(=O)=O)cc23)ccc1O. The molecule has 3 rings (SSSR count). The Morgan fingerprint density at radius 1 is 1.23 bits per heavy atom. The molecule has 1 amide bonds. The number of sulfonamides is 1. The van der Waals surface area contributed by atoms with Gasteiger partial charge in [0.1, 0.15) is 5.75 Å². The number of primary sulfonamides is 1. The molecule has 134 valence electrons. The van der Waals surface area contributed by atoms with Gasteiger partial charge in [-0.3, -0.25) is 4.79 Å². The van der Waals surface area contributed by atoms with Gasteiger partial charge in [0.2, 0.25) is 15.9 Å². The third-order valence-electron chi connectivity index (χ3n) is 3.30. The van der Waals surface area contributed by atoms with Crippen molar-refractivity contribution in [1.29, 1.82) is 0 Å². The number of aromatic nitrogens is 1. The number of azo groups is 1. The number of aromatic hydroxyl groups is 1. The van der Waals surface area contributed by atoms with Gasteiger partial charge in [0.25, 0.3) is 0 Å². The van der Waals surface area contributed by atoms with Crippen LogP contribution in [0.3, 0.4) is 0 Å². The second kappa shape index (κ2) is 6.78. The van der Waals surface area contributed by atoms with Gasteiger partial charge in [0.15, 0.2) is 5.00 Å². The minimum absolute atomic E-state index is 0.0424. The highest BCUT2D eigenvalue weighted by atomic mass is 32.2. The van der Waals surface area contributed by atoms with Crippen LogP contribution in [-0.2, 0) is 14.8 Å². The highest BCUT2D eigenvalue weighted by Crippen LogP contribution is 2.34. The zero-order valence-electron chi connectivity index (χ0n) is 13.4. The van der Waals surface area contributed by atoms with Crippen LogP contribution in [0.1, 0.15) is 6.92 Å². The number of hydrogen-bond donors (Lipinski definition) is 3. The standard InChI is InChI=1S/C15H13N5O4S2/c1-8(21)17-13-6-9(2-5-14(13)22)18-19-15-11-7-10(26(16,23)24)3-4-12(11)20-25-15/h2-7,22H,1H3,(H,17,21)(H2,16,23,24). The molecule has 0 radical (unpaired) electrons. The predicted molar refractivity (Wildman–Crippen MR) is 97.6 cm³/mol. The Labute approximate surface area is 152 Å². The average Bonchev–Trinajstić information content (AvgIpc) is 2.96. The van der Waals surface area contributed by atoms with Gasteiger partial charge in [-0.15, -0.1) is 10.2 Å². The van der Waals surface area contributed by atoms with Gasteiger partial charge in [-0.2, -0.15) is 4.37 Å². The molecule has 0 saturated heterocycles. The number of carbonyl (C=O) groups excluding carboxylic acids is 1. The fourth-order valence-electron chi connectivity index (χ4n) is 2.14. The van der Waals surface area contributed by atoms with Gasteiger partial charge in [0, 0.05) is 12.3 Å². The first-order chi connectivity index (χ1) is 12.2. The van der Waals surface area contributed by atoms with E-state index in [1.165, 1.54) is 37.3 Å². The van der Waals surface area contributed by atoms with Crippen LogP contribution in [0.15, 0.2) is 51.5 Å². The molecule has 0 bridgehead atoms. The lowest BCUT2D eigenvalue weighted by Gasteiger charge is -2.05. The maximum atomic E-state index is 11.5. The topological polar surface area (TPSA) is 147 Å². The van der Waals surface area contributed by atoms with Crippen molar-refractivity contribution in [3.05, 3.63) is 36.4 Å². The Morgan fingerprint density at radius 2 is 2.00 bits per heavy atom. The Balaban J connectivity index is 1.97. The highest BCUT2D eigenvalue weighted by Gasteiger charge is 2.12. The molecule has 4 N–H and O–H groups in total. The zero-order valence-corrected chi connectivity index (χ0v) is 15.0. The summed E-state index contributed by atoms with van der Waals surface area (Å²) >= 11 is 1.05. The van der Waals surface area contributed by atoms with Crippen LogP contribution in [0.4, 0.5) is 16.4 Å². The van der Waals surface area contributed by atoms with Crippen LogP contribution >= 0.6 is 11.5 Å². The molecule has 0 aliphatic heterocycles. The highest BCUT2D eigenvalue weighted by molar-refractivity contribution is 7.89. The van der Waals surface area contributed by atoms with E-state index in [0.29, 0.717) is 21.6 Å². The molecule has 0 aliphatic carbocycles. The maximum absolute atomic E-state index is 11.5. The van der Waals surface area contributed by atoms with Crippen LogP contribution in [0.5, 0.6) is 5.75 Å². The van der Waals surface area contributed by atoms with Crippen molar-refractivity contribution in [2.45, 2.75) is 11.8 Å². The summed E-state index contributed by atoms with van der Waals surface area (Å²) < 4.78 is 27.2. The predicted octanol–water partition coefficient (Wildman–Crippen LogP) is 3.02. The van der Waals surface area contributed by atoms with Crippen molar-refractivity contribution in [3.8, 4) is 5.75 Å². The van der Waals surface area contributed by atoms with E-state index in [-0.39, 0.29) is 22.2 Å². The second-order valence-corrected chi connectivity index (χ2v) is 7.61. The second-order valence-electron chi connectivity index (χ2n) is 5.29. The number of benzene rings is 2. The molecule has 0 saturated carbocycles. The fraction of sp³-hybridized carbons (Fsp3) is 0.0667. The first-order valence-corrected chi connectivity index (χ1v) is 9.50. The number of phenols is 1. The number of nitrogens with one attached hydrogen (secondary N) is 1. The molecule has 0 spiro atoms. The smallest absolute Gasteiger partial charge is 0.238 e. The minimum atomic E-state index is -3.84. The van der Waals surface area contributed by atoms with E-state index in [4.69, 9.17) is 5.14 Å². The van der Waals surface area contributed by atoms with E-state index in [0.717, 1.165) is 11.5 Å². The number of nitrogens with zero attached hydrogens (tertiary/aromatic N) is 3. The van der Waals surface area contributed by atoms with E-state index in [9.17, 15) is 18.3 Å². The Kier molecular flexibility index (Phi) is 4.68. The quantitative estimate of drug-likeness (QED) is 0.462. The van der Waals surface area contributed by atoms with Crippen molar-refractivity contribution in [2.24, 2.45) is 15.4 Å². The number of nitrogens with two attached hydrogens (primary N) is 1. The van der Waals surface area contributed by atoms with Gasteiger partial charge in [-0.25, -0.2) is 13.6 Å². The Morgan fingerprint density at radius 3 is 2.69 bits per heavy atom. The molecule has 26 heavy (non-hydrogen) atoms. The van der Waals surface area contributed by atoms with Gasteiger partial charge < -0.3 is 10.4 Å². The fourth-order valence-corrected chi connectivity index (χ4v) is 3.36. The summed E-state index contributed by atoms with van der Waals surface area (Å²) in [6.45, 7) is 1.32. The van der Waals surface area contributed by atoms with Crippen molar-refractivity contribution < 1.29 is 18.3 Å². The first kappa shape index (κ1) is 17.9. The van der Waals surface area contributed by atoms with Crippen molar-refractivity contribution in [3.63, 3.8) is 0 Å². The average molecular weight is 391 g/mol. The van der Waals surface area contributed by atoms with Crippen LogP contribution in [0, 0.1) is 0 Å². The molecule has 1 heterocycles. The van der Waals surface area contributed by atoms with E-state index < -0.39 is 10.0 Å². The summed E-state index contributed by atoms with van der Waals surface area (Å²) in [5, 5.41) is 26.4. The number of anilines is 1. The lowest BCUT2D eigenvalue weighted by Crippen LogP contribution is -2.11. The van der Waals surface area contributed by atoms with Crippen molar-refractivity contribution >= 4 is 54.7 Å². The summed E-state index contributed by atoms with van der Waals surface area (Å²) in [5.41, 5.74) is 1.16. The van der Waals surface area contributed by atoms with E-state index in [2.05, 4.69) is 19.9 Å². The number of amides is 1. The summed E-state index contributed by atoms with van der Waals surface area (Å²) in [6.07, 6.45) is 0. The van der Waals surface area contributed by atoms with E-state index in [1.54, 1.807) is 6.07 Å². The van der Waals surface area contributed by atoms with Crippen molar-refractivity contribution in [1.82, 2.24) is 4.37 Å². The third-order valence-corrected chi connectivity index (χ3v) is 4.98. The Bertz CT molecular complexity index is 1140. The molecular weight excluding hydrogens is 378 g/mol. The number of rotatable bonds is 4. The number of fused-ring (bicyclic) bond motifs is 1. The molecule has 9 nitrogen and oxygen atoms in total. The van der Waals surface area contributed by atoms with Crippen LogP contribution in [-0.4, -0.2) is 23.8 Å². The van der Waals surface area contributed by atoms with E-state index >= 15 is 0 Å². The molecule has 2 aromatic carbocycles. The van der Waals surface area contributed by atoms with Crippen LogP contribution in [0.2, 0.25) is 0 Å². The van der Waals surface area contributed by atoms with E-state index in [1.807, 2.05) is 0 Å². The number of hydrogen-bond acceptors (Lipinski definition) is 8. The molecule has 1 aromatic heterocycles. The van der Waals surface area contributed by atoms with Gasteiger partial charge in [-0.1, -0.05) is 0 Å². The molecule has 0 fully saturated rings. The number of carbonyl (C=O) groups is 1. The normalized spacial score (nSPS) is 11.9. The number of phenolic OH excluding ortho intramolecular Hbond substituents is 1. The first-order valence-electron chi connectivity index (χ1n) is 7.18. The molecule has 0 unspecified atom stereocenters. The molecular formula is C15H13N5O4S2. The maximum Gasteiger partial charge on any atom is 0.238 e. The largest absolute Gasteiger partial charge is 0.506 e. The summed E-state index contributed by atoms with van der Waals surface area (Å²) in [6, 6.07) is 8.66. The molecule has 11 heteroatoms. The summed E-state index contributed by atoms with van der Waals surface area (Å²) in [7, 11) is -3.84. The van der Waals surface area contributed by atoms with Gasteiger partial charge in [-0.05, 0) is 47.9 Å². The third kappa shape index (κ3) is 3.85. The summed E-state index contributed by atoms with van der Waals surface area (Å²) in [4.78, 5) is 11.1. The van der Waals surface area contributed by atoms with Crippen LogP contribution < -0.4 is 10.5 Å². The molecule has 0 aliphatic rings. The monoisotopic (exact) mass is 391 g/mol. The summed E-state index contributed by atoms with van der Waals surface area (Å²) in [5.74, 6) is -0.432. The van der Waals surface area contributed by atoms with Crippen LogP contribution in [0.25, 0.3) is 10.9 Å². The molecule has 0 atom stereocenters. The lowest BCUT2D eigenvalue weighted by atomic mass is 10.2. The molecule has 3 aromatic rings. The van der Waals surface area contributed by atoms with Gasteiger partial charge in [0.05, 0.1) is 21.8 Å². The zero-order chi connectivity index (χ0) is 18.9. The minimum Gasteiger partial charge on any atom is -0.506 e. The lowest BCUT2D eigenvalue weighted by molar-refractivity contribution is -0.114. The van der Waals surface area contributed by atoms with Gasteiger partial charge >= 0.3 is 0 Å².